The van der Waals surface area contributed by atoms with Crippen molar-refractivity contribution in [3.8, 4) is 0 Å². The van der Waals surface area contributed by atoms with Gasteiger partial charge in [-0.15, -0.1) is 0 Å². The zero-order valence-electron chi connectivity index (χ0n) is 14.7. The summed E-state index contributed by atoms with van der Waals surface area (Å²) in [4.78, 5) is 24.4. The summed E-state index contributed by atoms with van der Waals surface area (Å²) in [5.41, 5.74) is 0.521. The van der Waals surface area contributed by atoms with E-state index in [0.29, 0.717) is 24.5 Å². The zero-order chi connectivity index (χ0) is 19.8. The Labute approximate surface area is 155 Å². The first-order chi connectivity index (χ1) is 12.9. The second kappa shape index (κ2) is 9.61. The van der Waals surface area contributed by atoms with Crippen molar-refractivity contribution in [3.05, 3.63) is 65.5 Å². The zero-order valence-corrected chi connectivity index (χ0v) is 14.7. The van der Waals surface area contributed by atoms with Gasteiger partial charge in [0.05, 0.1) is 5.69 Å². The molecule has 0 saturated heterocycles. The number of anilines is 1. The van der Waals surface area contributed by atoms with E-state index >= 15 is 0 Å². The molecule has 0 radical (unpaired) electrons. The van der Waals surface area contributed by atoms with E-state index in [-0.39, 0.29) is 18.0 Å². The van der Waals surface area contributed by atoms with Crippen LogP contribution in [0.3, 0.4) is 0 Å². The minimum absolute atomic E-state index is 0.152. The van der Waals surface area contributed by atoms with Crippen LogP contribution in [0.1, 0.15) is 25.3 Å². The summed E-state index contributed by atoms with van der Waals surface area (Å²) in [5, 5.41) is 7.43. The van der Waals surface area contributed by atoms with Gasteiger partial charge in [-0.25, -0.2) is 18.0 Å². The number of hydrogen-bond donors (Lipinski definition) is 3. The highest BCUT2D eigenvalue weighted by molar-refractivity contribution is 5.97. The lowest BCUT2D eigenvalue weighted by Gasteiger charge is -2.18. The van der Waals surface area contributed by atoms with Gasteiger partial charge in [-0.05, 0) is 36.2 Å². The molecule has 2 aromatic rings. The molecule has 3 N–H and O–H groups in total. The lowest BCUT2D eigenvalue weighted by molar-refractivity contribution is -0.118. The van der Waals surface area contributed by atoms with Crippen molar-refractivity contribution in [1.29, 1.82) is 0 Å². The van der Waals surface area contributed by atoms with Crippen LogP contribution in [0.15, 0.2) is 42.5 Å². The summed E-state index contributed by atoms with van der Waals surface area (Å²) < 4.78 is 39.5. The number of carbonyl (C=O) groups is 2. The van der Waals surface area contributed by atoms with Crippen LogP contribution in [-0.4, -0.2) is 18.0 Å². The van der Waals surface area contributed by atoms with Crippen LogP contribution in [0.5, 0.6) is 0 Å². The maximum atomic E-state index is 13.7. The Kier molecular flexibility index (Phi) is 7.22. The molecule has 3 amide bonds. The van der Waals surface area contributed by atoms with Gasteiger partial charge in [-0.1, -0.05) is 25.5 Å². The Balaban J connectivity index is 1.93. The van der Waals surface area contributed by atoms with Crippen molar-refractivity contribution >= 4 is 17.6 Å². The van der Waals surface area contributed by atoms with Crippen LogP contribution in [0.4, 0.5) is 23.7 Å². The molecule has 0 aromatic heterocycles. The minimum Gasteiger partial charge on any atom is -0.334 e. The largest absolute Gasteiger partial charge is 0.334 e. The van der Waals surface area contributed by atoms with Crippen LogP contribution < -0.4 is 16.0 Å². The summed E-state index contributed by atoms with van der Waals surface area (Å²) >= 11 is 0. The molecule has 27 heavy (non-hydrogen) atoms. The van der Waals surface area contributed by atoms with Crippen LogP contribution >= 0.6 is 0 Å². The SMILES string of the molecule is CCC[C@@H](NC(=O)NCc1ccc(F)cc1)C(=O)Nc1ccc(F)cc1F. The molecule has 0 unspecified atom stereocenters. The van der Waals surface area contributed by atoms with Gasteiger partial charge in [0.2, 0.25) is 5.91 Å². The topological polar surface area (TPSA) is 70.2 Å². The molecule has 8 heteroatoms. The summed E-state index contributed by atoms with van der Waals surface area (Å²) in [7, 11) is 0. The number of carbonyl (C=O) groups excluding carboxylic acids is 2. The van der Waals surface area contributed by atoms with Crippen molar-refractivity contribution in [2.24, 2.45) is 0 Å². The molecule has 2 aromatic carbocycles. The molecule has 0 aliphatic carbocycles. The molecular weight excluding hydrogens is 359 g/mol. The number of benzene rings is 2. The molecule has 0 bridgehead atoms. The average molecular weight is 379 g/mol. The Morgan fingerprint density at radius 2 is 1.67 bits per heavy atom. The summed E-state index contributed by atoms with van der Waals surface area (Å²) in [6.07, 6.45) is 0.931. The molecule has 0 heterocycles. The Morgan fingerprint density at radius 3 is 2.30 bits per heavy atom. The van der Waals surface area contributed by atoms with Crippen LogP contribution in [0, 0.1) is 17.5 Å². The normalized spacial score (nSPS) is 11.6. The Bertz CT molecular complexity index is 797. The molecule has 0 aliphatic heterocycles. The highest BCUT2D eigenvalue weighted by Crippen LogP contribution is 2.15. The third-order valence-corrected chi connectivity index (χ3v) is 3.75. The fourth-order valence-electron chi connectivity index (χ4n) is 2.36. The number of halogens is 3. The third kappa shape index (κ3) is 6.32. The van der Waals surface area contributed by atoms with E-state index in [1.165, 1.54) is 24.3 Å². The number of hydrogen-bond acceptors (Lipinski definition) is 2. The van der Waals surface area contributed by atoms with E-state index in [1.807, 2.05) is 6.92 Å². The van der Waals surface area contributed by atoms with E-state index in [9.17, 15) is 22.8 Å². The quantitative estimate of drug-likeness (QED) is 0.686. The number of amides is 3. The Morgan fingerprint density at radius 1 is 1.00 bits per heavy atom. The van der Waals surface area contributed by atoms with E-state index in [2.05, 4.69) is 16.0 Å². The van der Waals surface area contributed by atoms with Crippen molar-refractivity contribution in [1.82, 2.24) is 10.6 Å². The maximum absolute atomic E-state index is 13.7. The summed E-state index contributed by atoms with van der Waals surface area (Å²) in [6.45, 7) is 1.98. The van der Waals surface area contributed by atoms with Gasteiger partial charge < -0.3 is 16.0 Å². The molecule has 5 nitrogen and oxygen atoms in total. The first kappa shape index (κ1) is 20.3. The molecule has 0 saturated carbocycles. The first-order valence-corrected chi connectivity index (χ1v) is 8.43. The lowest BCUT2D eigenvalue weighted by atomic mass is 10.1. The number of rotatable bonds is 7. The summed E-state index contributed by atoms with van der Waals surface area (Å²) in [5.74, 6) is -2.65. The van der Waals surface area contributed by atoms with Gasteiger partial charge in [0, 0.05) is 12.6 Å². The maximum Gasteiger partial charge on any atom is 0.315 e. The van der Waals surface area contributed by atoms with E-state index in [4.69, 9.17) is 0 Å². The van der Waals surface area contributed by atoms with Crippen molar-refractivity contribution in [3.63, 3.8) is 0 Å². The van der Waals surface area contributed by atoms with E-state index < -0.39 is 29.6 Å². The first-order valence-electron chi connectivity index (χ1n) is 8.43. The van der Waals surface area contributed by atoms with Crippen molar-refractivity contribution < 1.29 is 22.8 Å². The van der Waals surface area contributed by atoms with Gasteiger partial charge in [0.25, 0.3) is 0 Å². The second-order valence-electron chi connectivity index (χ2n) is 5.91. The fraction of sp³-hybridized carbons (Fsp3) is 0.263. The van der Waals surface area contributed by atoms with Gasteiger partial charge >= 0.3 is 6.03 Å². The minimum atomic E-state index is -0.903. The van der Waals surface area contributed by atoms with Gasteiger partial charge in [0.1, 0.15) is 23.5 Å². The number of nitrogens with one attached hydrogen (secondary N) is 3. The average Bonchev–Trinajstić information content (AvgIpc) is 2.63. The second-order valence-corrected chi connectivity index (χ2v) is 5.91. The lowest BCUT2D eigenvalue weighted by Crippen LogP contribution is -2.47. The van der Waals surface area contributed by atoms with Crippen LogP contribution in [0.25, 0.3) is 0 Å². The molecule has 1 atom stereocenters. The highest BCUT2D eigenvalue weighted by atomic mass is 19.1. The predicted molar refractivity (Wildman–Crippen MR) is 95.5 cm³/mol. The van der Waals surface area contributed by atoms with Crippen LogP contribution in [-0.2, 0) is 11.3 Å². The fourth-order valence-corrected chi connectivity index (χ4v) is 2.36. The third-order valence-electron chi connectivity index (χ3n) is 3.75. The van der Waals surface area contributed by atoms with Gasteiger partial charge in [-0.2, -0.15) is 0 Å². The van der Waals surface area contributed by atoms with E-state index in [1.54, 1.807) is 0 Å². The molecule has 144 valence electrons. The monoisotopic (exact) mass is 379 g/mol. The summed E-state index contributed by atoms with van der Waals surface area (Å²) in [6, 6.07) is 6.93. The Hall–Kier alpha value is -3.03. The predicted octanol–water partition coefficient (Wildman–Crippen LogP) is 3.71. The van der Waals surface area contributed by atoms with Crippen LogP contribution in [0.2, 0.25) is 0 Å². The molecule has 0 aliphatic rings. The highest BCUT2D eigenvalue weighted by Gasteiger charge is 2.21. The number of urea groups is 1. The van der Waals surface area contributed by atoms with E-state index in [0.717, 1.165) is 12.1 Å². The van der Waals surface area contributed by atoms with Gasteiger partial charge in [-0.3, -0.25) is 4.79 Å². The van der Waals surface area contributed by atoms with Gasteiger partial charge in [0.15, 0.2) is 0 Å². The molecular formula is C19H20F3N3O2. The smallest absolute Gasteiger partial charge is 0.315 e. The van der Waals surface area contributed by atoms with Crippen molar-refractivity contribution in [2.75, 3.05) is 5.32 Å². The molecule has 0 spiro atoms. The molecule has 0 fully saturated rings. The van der Waals surface area contributed by atoms with Crippen molar-refractivity contribution in [2.45, 2.75) is 32.4 Å². The standard InChI is InChI=1S/C19H20F3N3O2/c1-2-3-17(18(26)24-16-9-8-14(21)10-15(16)22)25-19(27)23-11-12-4-6-13(20)7-5-12/h4-10,17H,2-3,11H2,1H3,(H,24,26)(H2,23,25,27)/t17-/m1/s1. The molecule has 2 rings (SSSR count).